The van der Waals surface area contributed by atoms with Gasteiger partial charge in [-0.05, 0) is 20.8 Å². The molecule has 2 aromatic rings. The van der Waals surface area contributed by atoms with Crippen LogP contribution in [-0.4, -0.2) is 15.2 Å². The van der Waals surface area contributed by atoms with Crippen LogP contribution in [0.1, 0.15) is 25.6 Å². The smallest absolute Gasteiger partial charge is 0.117 e. The van der Waals surface area contributed by atoms with Gasteiger partial charge in [0, 0.05) is 17.7 Å². The zero-order valence-corrected chi connectivity index (χ0v) is 10.7. The fourth-order valence-corrected chi connectivity index (χ4v) is 2.94. The highest BCUT2D eigenvalue weighted by Gasteiger charge is 2.06. The van der Waals surface area contributed by atoms with Gasteiger partial charge in [0.15, 0.2) is 0 Å². The largest absolute Gasteiger partial charge is 0.246 e. The summed E-state index contributed by atoms with van der Waals surface area (Å²) in [6, 6.07) is 0. The van der Waals surface area contributed by atoms with E-state index >= 15 is 0 Å². The molecule has 0 atom stereocenters. The first kappa shape index (κ1) is 10.7. The lowest BCUT2D eigenvalue weighted by molar-refractivity contribution is 0.886. The van der Waals surface area contributed by atoms with Crippen molar-refractivity contribution in [2.45, 2.75) is 33.6 Å². The van der Waals surface area contributed by atoms with Crippen molar-refractivity contribution in [2.24, 2.45) is 0 Å². The number of hydrogen-bond acceptors (Lipinski definition) is 5. The Kier molecular flexibility index (Phi) is 3.11. The highest BCUT2D eigenvalue weighted by molar-refractivity contribution is 7.12. The Morgan fingerprint density at radius 1 is 0.933 bits per heavy atom. The zero-order chi connectivity index (χ0) is 10.8. The molecule has 0 aliphatic carbocycles. The Morgan fingerprint density at radius 2 is 1.67 bits per heavy atom. The molecule has 0 radical (unpaired) electrons. The summed E-state index contributed by atoms with van der Waals surface area (Å²) in [4.78, 5) is 5.83. The first-order valence-corrected chi connectivity index (χ1v) is 6.50. The predicted octanol–water partition coefficient (Wildman–Crippen LogP) is 2.71. The second-order valence-electron chi connectivity index (χ2n) is 3.46. The predicted molar refractivity (Wildman–Crippen MR) is 63.6 cm³/mol. The summed E-state index contributed by atoms with van der Waals surface area (Å²) >= 11 is 3.46. The minimum atomic E-state index is 0.956. The summed E-state index contributed by atoms with van der Waals surface area (Å²) in [6.07, 6.45) is 1.94. The second-order valence-corrected chi connectivity index (χ2v) is 6.02. The van der Waals surface area contributed by atoms with Gasteiger partial charge < -0.3 is 0 Å². The molecule has 0 aliphatic heterocycles. The summed E-state index contributed by atoms with van der Waals surface area (Å²) in [5.41, 5.74) is 1.16. The molecule has 2 aromatic heterocycles. The van der Waals surface area contributed by atoms with Gasteiger partial charge in [0.1, 0.15) is 10.0 Å². The van der Waals surface area contributed by atoms with Gasteiger partial charge >= 0.3 is 0 Å². The van der Waals surface area contributed by atoms with Crippen LogP contribution in [0.2, 0.25) is 0 Å². The fraction of sp³-hybridized carbons (Fsp3) is 0.500. The van der Waals surface area contributed by atoms with Crippen LogP contribution in [0.5, 0.6) is 0 Å². The van der Waals surface area contributed by atoms with Gasteiger partial charge in [0.2, 0.25) is 0 Å². The third kappa shape index (κ3) is 2.60. The normalized spacial score (nSPS) is 10.9. The number of rotatable bonds is 3. The Morgan fingerprint density at radius 3 is 2.20 bits per heavy atom. The maximum Gasteiger partial charge on any atom is 0.117 e. The lowest BCUT2D eigenvalue weighted by atomic mass is 10.3. The molecule has 2 rings (SSSR count). The molecule has 0 saturated carbocycles. The monoisotopic (exact) mass is 239 g/mol. The van der Waals surface area contributed by atoms with E-state index in [2.05, 4.69) is 29.0 Å². The lowest BCUT2D eigenvalue weighted by Crippen LogP contribution is -1.90. The van der Waals surface area contributed by atoms with Gasteiger partial charge in [-0.2, -0.15) is 0 Å². The molecular formula is C10H13N3S2. The lowest BCUT2D eigenvalue weighted by Gasteiger charge is -1.90. The first-order valence-electron chi connectivity index (χ1n) is 4.87. The van der Waals surface area contributed by atoms with Crippen molar-refractivity contribution in [3.8, 4) is 0 Å². The topological polar surface area (TPSA) is 38.7 Å². The maximum absolute atomic E-state index is 4.51. The third-order valence-electron chi connectivity index (χ3n) is 2.19. The molecule has 0 unspecified atom stereocenters. The van der Waals surface area contributed by atoms with Gasteiger partial charge in [0.05, 0.1) is 10.7 Å². The van der Waals surface area contributed by atoms with E-state index in [0.717, 1.165) is 28.6 Å². The van der Waals surface area contributed by atoms with Crippen molar-refractivity contribution >= 4 is 22.7 Å². The molecule has 0 amide bonds. The molecule has 5 heteroatoms. The van der Waals surface area contributed by atoms with E-state index in [-0.39, 0.29) is 0 Å². The molecule has 15 heavy (non-hydrogen) atoms. The fourth-order valence-electron chi connectivity index (χ4n) is 1.30. The molecule has 0 saturated heterocycles. The summed E-state index contributed by atoms with van der Waals surface area (Å²) in [5, 5.41) is 11.5. The van der Waals surface area contributed by atoms with Crippen molar-refractivity contribution in [1.82, 2.24) is 15.2 Å². The highest BCUT2D eigenvalue weighted by atomic mass is 32.1. The molecular weight excluding hydrogens is 226 g/mol. The molecule has 0 N–H and O–H groups in total. The SMILES string of the molecule is Cc1nnc(CCc2nc(C)c(C)s2)s1. The number of thiazole rings is 1. The van der Waals surface area contributed by atoms with E-state index < -0.39 is 0 Å². The van der Waals surface area contributed by atoms with Crippen LogP contribution in [0.4, 0.5) is 0 Å². The van der Waals surface area contributed by atoms with Crippen molar-refractivity contribution in [3.05, 3.63) is 25.6 Å². The first-order chi connectivity index (χ1) is 7.15. The minimum absolute atomic E-state index is 0.956. The summed E-state index contributed by atoms with van der Waals surface area (Å²) in [7, 11) is 0. The summed E-state index contributed by atoms with van der Waals surface area (Å²) < 4.78 is 0. The Hall–Kier alpha value is -0.810. The molecule has 0 spiro atoms. The molecule has 0 aromatic carbocycles. The van der Waals surface area contributed by atoms with Crippen molar-refractivity contribution in [1.29, 1.82) is 0 Å². The van der Waals surface area contributed by atoms with Crippen molar-refractivity contribution < 1.29 is 0 Å². The van der Waals surface area contributed by atoms with Crippen molar-refractivity contribution in [2.75, 3.05) is 0 Å². The van der Waals surface area contributed by atoms with Gasteiger partial charge in [-0.25, -0.2) is 4.98 Å². The molecule has 0 bridgehead atoms. The molecule has 80 valence electrons. The quantitative estimate of drug-likeness (QED) is 0.826. The number of hydrogen-bond donors (Lipinski definition) is 0. The van der Waals surface area contributed by atoms with E-state index in [1.165, 1.54) is 9.88 Å². The van der Waals surface area contributed by atoms with Gasteiger partial charge in [-0.1, -0.05) is 0 Å². The van der Waals surface area contributed by atoms with Crippen LogP contribution < -0.4 is 0 Å². The average Bonchev–Trinajstić information content (AvgIpc) is 2.72. The molecule has 2 heterocycles. The maximum atomic E-state index is 4.51. The zero-order valence-electron chi connectivity index (χ0n) is 9.07. The Bertz CT molecular complexity index is 439. The number of aryl methyl sites for hydroxylation is 5. The second kappa shape index (κ2) is 4.37. The van der Waals surface area contributed by atoms with Gasteiger partial charge in [-0.15, -0.1) is 32.9 Å². The van der Waals surface area contributed by atoms with Crippen LogP contribution in [0.3, 0.4) is 0 Å². The molecule has 0 fully saturated rings. The minimum Gasteiger partial charge on any atom is -0.246 e. The van der Waals surface area contributed by atoms with Gasteiger partial charge in [0.25, 0.3) is 0 Å². The number of nitrogens with zero attached hydrogens (tertiary/aromatic N) is 3. The van der Waals surface area contributed by atoms with E-state index in [0.29, 0.717) is 0 Å². The molecule has 0 aliphatic rings. The number of aromatic nitrogens is 3. The Balaban J connectivity index is 1.99. The van der Waals surface area contributed by atoms with Crippen LogP contribution in [0.15, 0.2) is 0 Å². The Labute approximate surface area is 97.2 Å². The van der Waals surface area contributed by atoms with E-state index in [1.54, 1.807) is 22.7 Å². The highest BCUT2D eigenvalue weighted by Crippen LogP contribution is 2.19. The van der Waals surface area contributed by atoms with Crippen LogP contribution >= 0.6 is 22.7 Å². The van der Waals surface area contributed by atoms with Gasteiger partial charge in [-0.3, -0.25) is 0 Å². The van der Waals surface area contributed by atoms with E-state index in [1.807, 2.05) is 6.92 Å². The summed E-state index contributed by atoms with van der Waals surface area (Å²) in [5.74, 6) is 0. The third-order valence-corrected chi connectivity index (χ3v) is 4.22. The average molecular weight is 239 g/mol. The van der Waals surface area contributed by atoms with Crippen LogP contribution in [-0.2, 0) is 12.8 Å². The van der Waals surface area contributed by atoms with Crippen LogP contribution in [0, 0.1) is 20.8 Å². The van der Waals surface area contributed by atoms with Crippen molar-refractivity contribution in [3.63, 3.8) is 0 Å². The van der Waals surface area contributed by atoms with Crippen LogP contribution in [0.25, 0.3) is 0 Å². The van der Waals surface area contributed by atoms with E-state index in [9.17, 15) is 0 Å². The molecule has 3 nitrogen and oxygen atoms in total. The standard InChI is InChI=1S/C10H13N3S2/c1-6-7(2)14-9(11-6)4-5-10-13-12-8(3)15-10/h4-5H2,1-3H3. The summed E-state index contributed by atoms with van der Waals surface area (Å²) in [6.45, 7) is 6.16. The van der Waals surface area contributed by atoms with E-state index in [4.69, 9.17) is 0 Å².